The molecule has 3 aliphatic rings. The van der Waals surface area contributed by atoms with Crippen LogP contribution in [0.1, 0.15) is 58.2 Å². The molecule has 2 amide bonds. The minimum absolute atomic E-state index is 0.0347. The number of fused-ring (bicyclic) bond motifs is 3. The van der Waals surface area contributed by atoms with Crippen molar-refractivity contribution in [2.45, 2.75) is 55.8 Å². The second-order valence-electron chi connectivity index (χ2n) is 14.2. The fraction of sp³-hybridized carbons (Fsp3) is 0.265. The number of nitrogens with zero attached hydrogens (tertiary/aromatic N) is 1. The molecule has 0 saturated carbocycles. The van der Waals surface area contributed by atoms with Gasteiger partial charge in [-0.2, -0.15) is 0 Å². The van der Waals surface area contributed by atoms with Crippen molar-refractivity contribution in [1.29, 1.82) is 0 Å². The van der Waals surface area contributed by atoms with Crippen molar-refractivity contribution in [3.8, 4) is 0 Å². The van der Waals surface area contributed by atoms with Crippen molar-refractivity contribution in [2.75, 3.05) is 30.5 Å². The first-order valence-electron chi connectivity index (χ1n) is 16.4. The summed E-state index contributed by atoms with van der Waals surface area (Å²) in [5.74, 6) is 0. The quantitative estimate of drug-likeness (QED) is 0.0646. The third kappa shape index (κ3) is 7.68. The molecule has 23 heteroatoms. The van der Waals surface area contributed by atoms with E-state index in [-0.39, 0.29) is 22.0 Å². The summed E-state index contributed by atoms with van der Waals surface area (Å²) in [5, 5.41) is 17.1. The Bertz CT molecular complexity index is 2720. The number of nitrogens with one attached hydrogen (secondary N) is 5. The molecule has 3 heterocycles. The Balaban J connectivity index is 0.000000170. The molecule has 0 radical (unpaired) electrons. The Morgan fingerprint density at radius 1 is 0.649 bits per heavy atom. The fourth-order valence-corrected chi connectivity index (χ4v) is 11.5. The van der Waals surface area contributed by atoms with E-state index in [1.165, 1.54) is 26.0 Å². The average Bonchev–Trinajstić information content (AvgIpc) is 3.51. The lowest BCUT2D eigenvalue weighted by Crippen LogP contribution is -2.27. The molecule has 0 spiro atoms. The number of hydrogen-bond acceptors (Lipinski definition) is 10. The van der Waals surface area contributed by atoms with Gasteiger partial charge in [-0.3, -0.25) is 24.3 Å². The Morgan fingerprint density at radius 3 is 1.54 bits per heavy atom. The first-order chi connectivity index (χ1) is 26.1. The van der Waals surface area contributed by atoms with E-state index in [9.17, 15) is 40.2 Å². The summed E-state index contributed by atoms with van der Waals surface area (Å²) < 4.78 is 76.4. The summed E-state index contributed by atoms with van der Waals surface area (Å²) in [6.07, 6.45) is 0. The third-order valence-corrected chi connectivity index (χ3v) is 17.3. The Labute approximate surface area is 352 Å². The number of para-hydroxylation sites is 1. The number of hydrogen-bond donors (Lipinski definition) is 6. The van der Waals surface area contributed by atoms with Crippen molar-refractivity contribution in [3.63, 3.8) is 0 Å². The van der Waals surface area contributed by atoms with Crippen molar-refractivity contribution < 1.29 is 35.0 Å². The fourth-order valence-electron chi connectivity index (χ4n) is 6.11. The zero-order valence-corrected chi connectivity index (χ0v) is 37.0. The first-order valence-corrected chi connectivity index (χ1v) is 22.7. The van der Waals surface area contributed by atoms with Gasteiger partial charge >= 0.3 is 6.03 Å². The first kappa shape index (κ1) is 44.1. The van der Waals surface area contributed by atoms with E-state index in [1.807, 2.05) is 6.07 Å². The molecule has 0 bridgehead atoms. The largest absolute Gasteiger partial charge is 0.397 e. The maximum absolute atomic E-state index is 12.4. The SMILES string of the molecule is CC1(C)c2c(Cl)ccc(N)c2NS1(=O)=O.CC1(C)c2c(Cl)ccc(NC(=O)Nc3ccccc3Br)c2NS1(=O)=O.CC1(C)c2c(Cl)ccc([N+](=O)[O-])c2NS1(=O)=O. The molecule has 0 fully saturated rings. The van der Waals surface area contributed by atoms with E-state index in [4.69, 9.17) is 40.5 Å². The van der Waals surface area contributed by atoms with Crippen molar-refractivity contribution in [3.05, 3.63) is 107 Å². The molecule has 0 atom stereocenters. The highest BCUT2D eigenvalue weighted by molar-refractivity contribution is 9.10. The van der Waals surface area contributed by atoms with Gasteiger partial charge < -0.3 is 16.4 Å². The summed E-state index contributed by atoms with van der Waals surface area (Å²) in [6, 6.07) is 15.5. The number of rotatable bonds is 3. The molecule has 4 aromatic carbocycles. The maximum Gasteiger partial charge on any atom is 0.323 e. The van der Waals surface area contributed by atoms with E-state index in [0.29, 0.717) is 49.6 Å². The number of urea groups is 1. The van der Waals surface area contributed by atoms with Gasteiger partial charge in [0.25, 0.3) is 5.69 Å². The second kappa shape index (κ2) is 15.0. The molecular formula is C34H35BrCl3N7O9S3. The van der Waals surface area contributed by atoms with Crippen molar-refractivity contribution in [2.24, 2.45) is 0 Å². The number of anilines is 6. The molecule has 3 aliphatic heterocycles. The van der Waals surface area contributed by atoms with Crippen LogP contribution in [-0.2, 0) is 44.3 Å². The topological polar surface area (TPSA) is 249 Å². The average molecular weight is 968 g/mol. The highest BCUT2D eigenvalue weighted by Crippen LogP contribution is 2.51. The van der Waals surface area contributed by atoms with E-state index in [2.05, 4.69) is 40.7 Å². The summed E-state index contributed by atoms with van der Waals surface area (Å²) in [4.78, 5) is 22.5. The number of carbonyl (C=O) groups is 1. The number of carbonyl (C=O) groups excluding carboxylic acids is 1. The monoisotopic (exact) mass is 965 g/mol. The second-order valence-corrected chi connectivity index (χ2v) is 23.0. The zero-order valence-electron chi connectivity index (χ0n) is 30.7. The van der Waals surface area contributed by atoms with Gasteiger partial charge in [0.15, 0.2) is 0 Å². The Morgan fingerprint density at radius 2 is 1.05 bits per heavy atom. The summed E-state index contributed by atoms with van der Waals surface area (Å²) >= 11 is 21.5. The molecule has 4 aromatic rings. The van der Waals surface area contributed by atoms with Crippen LogP contribution < -0.4 is 30.5 Å². The summed E-state index contributed by atoms with van der Waals surface area (Å²) in [5.41, 5.74) is 8.61. The van der Waals surface area contributed by atoms with Gasteiger partial charge in [-0.25, -0.2) is 30.0 Å². The number of nitrogens with two attached hydrogens (primary N) is 1. The normalized spacial score (nSPS) is 18.6. The summed E-state index contributed by atoms with van der Waals surface area (Å²) in [7, 11) is -10.8. The molecule has 0 aromatic heterocycles. The third-order valence-electron chi connectivity index (χ3n) is 9.57. The van der Waals surface area contributed by atoms with Crippen molar-refractivity contribution in [1.82, 2.24) is 0 Å². The van der Waals surface area contributed by atoms with Gasteiger partial charge in [0.1, 0.15) is 19.9 Å². The molecule has 7 N–H and O–H groups in total. The smallest absolute Gasteiger partial charge is 0.323 e. The van der Waals surface area contributed by atoms with Gasteiger partial charge in [-0.15, -0.1) is 0 Å². The van der Waals surface area contributed by atoms with Crippen LogP contribution in [0, 0.1) is 10.1 Å². The number of benzene rings is 4. The molecule has 0 unspecified atom stereocenters. The number of amides is 2. The van der Waals surface area contributed by atoms with Gasteiger partial charge in [0.2, 0.25) is 30.1 Å². The standard InChI is InChI=1S/C16H15BrClN3O3S.C9H9ClN2O4S.C9H11ClN2O2S/c1-16(2)13-10(18)7-8-12(14(13)21-25(16,23)24)20-15(22)19-11-6-4-3-5-9(11)17;1-9(2)7-5(10)3-4-6(12(13)14)8(7)11-17(9,15)16;1-9(2)7-5(10)3-4-6(11)8(7)12-15(9,13)14/h3-8,21H,1-2H3,(H2,19,20,22);3-4,11H,1-2H3;3-4,12H,11H2,1-2H3. The van der Waals surface area contributed by atoms with E-state index >= 15 is 0 Å². The lowest BCUT2D eigenvalue weighted by molar-refractivity contribution is -0.383. The van der Waals surface area contributed by atoms with Crippen LogP contribution in [0.5, 0.6) is 0 Å². The number of halogens is 4. The summed E-state index contributed by atoms with van der Waals surface area (Å²) in [6.45, 7) is 9.25. The molecule has 57 heavy (non-hydrogen) atoms. The van der Waals surface area contributed by atoms with Crippen LogP contribution in [0.25, 0.3) is 0 Å². The van der Waals surface area contributed by atoms with Crippen LogP contribution in [0.4, 0.5) is 44.6 Å². The molecule has 0 saturated heterocycles. The molecule has 16 nitrogen and oxygen atoms in total. The van der Waals surface area contributed by atoms with Gasteiger partial charge in [0, 0.05) is 42.3 Å². The van der Waals surface area contributed by atoms with Gasteiger partial charge in [0.05, 0.1) is 33.4 Å². The molecule has 0 aliphatic carbocycles. The lowest BCUT2D eigenvalue weighted by atomic mass is 9.99. The Hall–Kier alpha value is -4.05. The molecule has 306 valence electrons. The number of nitrogen functional groups attached to an aromatic ring is 1. The van der Waals surface area contributed by atoms with Gasteiger partial charge in [-0.1, -0.05) is 46.9 Å². The van der Waals surface area contributed by atoms with Crippen LogP contribution in [-0.4, -0.2) is 36.2 Å². The van der Waals surface area contributed by atoms with Crippen molar-refractivity contribution >= 4 is 127 Å². The number of nitro groups is 1. The minimum Gasteiger partial charge on any atom is -0.397 e. The molecular weight excluding hydrogens is 933 g/mol. The van der Waals surface area contributed by atoms with Crippen LogP contribution >= 0.6 is 50.7 Å². The minimum atomic E-state index is -3.70. The molecule has 7 rings (SSSR count). The van der Waals surface area contributed by atoms with Crippen LogP contribution in [0.2, 0.25) is 15.1 Å². The predicted molar refractivity (Wildman–Crippen MR) is 229 cm³/mol. The van der Waals surface area contributed by atoms with Crippen LogP contribution in [0.3, 0.4) is 0 Å². The lowest BCUT2D eigenvalue weighted by Gasteiger charge is -2.18. The predicted octanol–water partition coefficient (Wildman–Crippen LogP) is 8.89. The van der Waals surface area contributed by atoms with Crippen LogP contribution in [0.15, 0.2) is 65.1 Å². The van der Waals surface area contributed by atoms with E-state index < -0.39 is 55.3 Å². The highest BCUT2D eigenvalue weighted by atomic mass is 79.9. The number of nitro benzene ring substituents is 1. The van der Waals surface area contributed by atoms with E-state index in [1.54, 1.807) is 70.2 Å². The Kier molecular flexibility index (Phi) is 11.6. The van der Waals surface area contributed by atoms with Gasteiger partial charge in [-0.05, 0) is 99.9 Å². The van der Waals surface area contributed by atoms with E-state index in [0.717, 1.165) is 4.47 Å². The maximum atomic E-state index is 12.4. The highest BCUT2D eigenvalue weighted by Gasteiger charge is 2.49. The zero-order chi connectivity index (χ0) is 42.8. The number of sulfonamides is 3.